The molecule has 1 aliphatic heterocycles. The number of methoxy groups -OCH3 is 1. The van der Waals surface area contributed by atoms with Crippen LogP contribution < -0.4 is 20.7 Å². The van der Waals surface area contributed by atoms with Gasteiger partial charge in [-0.05, 0) is 23.8 Å². The molecule has 3 aromatic heterocycles. The maximum Gasteiger partial charge on any atom is 0.180 e. The van der Waals surface area contributed by atoms with Crippen LogP contribution in [0.25, 0.3) is 5.65 Å². The van der Waals surface area contributed by atoms with Crippen molar-refractivity contribution in [2.24, 2.45) is 0 Å². The first-order valence-corrected chi connectivity index (χ1v) is 10.5. The van der Waals surface area contributed by atoms with E-state index in [2.05, 4.69) is 26.3 Å². The second-order valence-corrected chi connectivity index (χ2v) is 7.65. The van der Waals surface area contributed by atoms with Crippen molar-refractivity contribution in [3.8, 4) is 5.75 Å². The number of nitrogens with zero attached hydrogens (tertiary/aromatic N) is 5. The molecule has 0 unspecified atom stereocenters. The van der Waals surface area contributed by atoms with Crippen molar-refractivity contribution in [1.82, 2.24) is 19.4 Å². The maximum absolute atomic E-state index is 5.88. The summed E-state index contributed by atoms with van der Waals surface area (Å²) < 4.78 is 13.1. The molecule has 0 saturated carbocycles. The minimum Gasteiger partial charge on any atom is -0.495 e. The Labute approximate surface area is 185 Å². The van der Waals surface area contributed by atoms with Crippen molar-refractivity contribution in [1.29, 1.82) is 0 Å². The van der Waals surface area contributed by atoms with E-state index in [9.17, 15) is 0 Å². The van der Waals surface area contributed by atoms with Gasteiger partial charge in [-0.1, -0.05) is 0 Å². The number of rotatable bonds is 6. The fourth-order valence-corrected chi connectivity index (χ4v) is 3.92. The Hall–Kier alpha value is -3.85. The Morgan fingerprint density at radius 2 is 2.06 bits per heavy atom. The van der Waals surface area contributed by atoms with Crippen molar-refractivity contribution < 1.29 is 9.47 Å². The van der Waals surface area contributed by atoms with Crippen LogP contribution in [0.2, 0.25) is 0 Å². The summed E-state index contributed by atoms with van der Waals surface area (Å²) in [5, 5.41) is 3.42. The third-order valence-electron chi connectivity index (χ3n) is 5.42. The number of fused-ring (bicyclic) bond motifs is 1. The summed E-state index contributed by atoms with van der Waals surface area (Å²) in [5.74, 6) is 1.48. The van der Waals surface area contributed by atoms with Crippen LogP contribution in [0.5, 0.6) is 5.75 Å². The lowest BCUT2D eigenvalue weighted by molar-refractivity contribution is 0.122. The third kappa shape index (κ3) is 4.15. The van der Waals surface area contributed by atoms with Crippen LogP contribution in [0, 0.1) is 0 Å². The maximum atomic E-state index is 5.88. The van der Waals surface area contributed by atoms with Crippen molar-refractivity contribution in [2.75, 3.05) is 49.4 Å². The van der Waals surface area contributed by atoms with E-state index in [0.717, 1.165) is 60.3 Å². The zero-order valence-electron chi connectivity index (χ0n) is 17.9. The van der Waals surface area contributed by atoms with E-state index in [0.29, 0.717) is 17.9 Å². The number of anilines is 4. The molecule has 5 rings (SSSR count). The fraction of sp³-hybridized carbons (Fsp3) is 0.261. The summed E-state index contributed by atoms with van der Waals surface area (Å²) in [7, 11) is 1.69. The number of hydrogen-bond acceptors (Lipinski definition) is 8. The highest BCUT2D eigenvalue weighted by atomic mass is 16.5. The number of nitrogen functional groups attached to an aromatic ring is 1. The molecular formula is C23H25N7O2. The molecule has 0 spiro atoms. The molecule has 9 heteroatoms. The first-order chi connectivity index (χ1) is 15.7. The molecule has 4 heterocycles. The van der Waals surface area contributed by atoms with Gasteiger partial charge in [-0.3, -0.25) is 4.98 Å². The van der Waals surface area contributed by atoms with Crippen LogP contribution in [-0.4, -0.2) is 52.8 Å². The second kappa shape index (κ2) is 8.72. The molecule has 3 N–H and O–H groups in total. The van der Waals surface area contributed by atoms with E-state index in [4.69, 9.17) is 20.2 Å². The molecule has 0 amide bonds. The average molecular weight is 432 g/mol. The molecule has 0 radical (unpaired) electrons. The van der Waals surface area contributed by atoms with Gasteiger partial charge in [0.15, 0.2) is 11.5 Å². The Morgan fingerprint density at radius 1 is 1.19 bits per heavy atom. The Morgan fingerprint density at radius 3 is 2.88 bits per heavy atom. The number of imidazole rings is 1. The summed E-state index contributed by atoms with van der Waals surface area (Å²) in [6, 6.07) is 8.00. The Bertz CT molecular complexity index is 1230. The van der Waals surface area contributed by atoms with Gasteiger partial charge in [-0.2, -0.15) is 0 Å². The average Bonchev–Trinajstić information content (AvgIpc) is 3.29. The van der Waals surface area contributed by atoms with Crippen molar-refractivity contribution in [3.63, 3.8) is 0 Å². The lowest BCUT2D eigenvalue weighted by atomic mass is 10.1. The highest BCUT2D eigenvalue weighted by molar-refractivity contribution is 5.73. The fourth-order valence-electron chi connectivity index (χ4n) is 3.92. The van der Waals surface area contributed by atoms with Gasteiger partial charge in [0, 0.05) is 62.2 Å². The number of nitrogens with two attached hydrogens (primary N) is 1. The number of hydrogen-bond donors (Lipinski definition) is 2. The number of ether oxygens (including phenoxy) is 2. The van der Waals surface area contributed by atoms with Crippen molar-refractivity contribution >= 4 is 28.5 Å². The normalized spacial score (nSPS) is 14.0. The Kier molecular flexibility index (Phi) is 5.47. The molecule has 1 aromatic carbocycles. The molecule has 0 bridgehead atoms. The van der Waals surface area contributed by atoms with Crippen molar-refractivity contribution in [3.05, 3.63) is 66.5 Å². The predicted molar refractivity (Wildman–Crippen MR) is 124 cm³/mol. The highest BCUT2D eigenvalue weighted by Crippen LogP contribution is 2.33. The van der Waals surface area contributed by atoms with Crippen molar-refractivity contribution in [2.45, 2.75) is 6.42 Å². The van der Waals surface area contributed by atoms with E-state index in [-0.39, 0.29) is 0 Å². The van der Waals surface area contributed by atoms with Gasteiger partial charge in [0.2, 0.25) is 0 Å². The van der Waals surface area contributed by atoms with Gasteiger partial charge >= 0.3 is 0 Å². The summed E-state index contributed by atoms with van der Waals surface area (Å²) in [5.41, 5.74) is 11.1. The van der Waals surface area contributed by atoms with E-state index in [1.54, 1.807) is 25.7 Å². The number of aromatic nitrogens is 4. The quantitative estimate of drug-likeness (QED) is 0.480. The van der Waals surface area contributed by atoms with Crippen LogP contribution in [0.3, 0.4) is 0 Å². The summed E-state index contributed by atoms with van der Waals surface area (Å²) in [6.45, 7) is 3.14. The van der Waals surface area contributed by atoms with Crippen LogP contribution >= 0.6 is 0 Å². The van der Waals surface area contributed by atoms with Gasteiger partial charge in [0.05, 0.1) is 37.4 Å². The van der Waals surface area contributed by atoms with Gasteiger partial charge < -0.3 is 29.8 Å². The number of morpholine rings is 1. The molecule has 164 valence electrons. The largest absolute Gasteiger partial charge is 0.495 e. The minimum atomic E-state index is 0.611. The Balaban J connectivity index is 1.45. The van der Waals surface area contributed by atoms with Gasteiger partial charge in [-0.25, -0.2) is 9.97 Å². The van der Waals surface area contributed by atoms with Gasteiger partial charge in [-0.15, -0.1) is 0 Å². The van der Waals surface area contributed by atoms with Gasteiger partial charge in [0.1, 0.15) is 5.75 Å². The summed E-state index contributed by atoms with van der Waals surface area (Å²) in [4.78, 5) is 15.7. The van der Waals surface area contributed by atoms with E-state index >= 15 is 0 Å². The summed E-state index contributed by atoms with van der Waals surface area (Å²) >= 11 is 0. The smallest absolute Gasteiger partial charge is 0.180 e. The van der Waals surface area contributed by atoms with E-state index < -0.39 is 0 Å². The van der Waals surface area contributed by atoms with Gasteiger partial charge in [0.25, 0.3) is 0 Å². The number of benzene rings is 1. The monoisotopic (exact) mass is 431 g/mol. The van der Waals surface area contributed by atoms with Crippen LogP contribution in [-0.2, 0) is 11.2 Å². The molecule has 1 fully saturated rings. The molecule has 9 nitrogen and oxygen atoms in total. The number of nitrogens with one attached hydrogen (secondary N) is 1. The second-order valence-electron chi connectivity index (χ2n) is 7.65. The minimum absolute atomic E-state index is 0.611. The lowest BCUT2D eigenvalue weighted by Gasteiger charge is -2.30. The van der Waals surface area contributed by atoms with Crippen LogP contribution in [0.15, 0.2) is 55.2 Å². The zero-order chi connectivity index (χ0) is 21.9. The topological polar surface area (TPSA) is 103 Å². The standard InChI is InChI=1S/C23H25N7O2/c1-31-21-12-18(2-3-20(21)29-6-8-32-9-7-29)27-22-23-26-4-5-30(23)15-19(28-22)11-16-10-17(24)14-25-13-16/h2-5,10,12-15H,6-9,11,24H2,1H3,(H,27,28). The zero-order valence-corrected chi connectivity index (χ0v) is 17.9. The SMILES string of the molecule is COc1cc(Nc2nc(Cc3cncc(N)c3)cn3ccnc23)ccc1N1CCOCC1. The van der Waals surface area contributed by atoms with Crippen LogP contribution in [0.4, 0.5) is 22.9 Å². The lowest BCUT2D eigenvalue weighted by Crippen LogP contribution is -2.36. The highest BCUT2D eigenvalue weighted by Gasteiger charge is 2.17. The molecule has 0 atom stereocenters. The predicted octanol–water partition coefficient (Wildman–Crippen LogP) is 2.89. The molecule has 0 aliphatic carbocycles. The molecule has 4 aromatic rings. The summed E-state index contributed by atoms with van der Waals surface area (Å²) in [6.07, 6.45) is 9.69. The first-order valence-electron chi connectivity index (χ1n) is 10.5. The third-order valence-corrected chi connectivity index (χ3v) is 5.42. The number of pyridine rings is 1. The van der Waals surface area contributed by atoms with Crippen LogP contribution in [0.1, 0.15) is 11.3 Å². The van der Waals surface area contributed by atoms with E-state index in [1.807, 2.05) is 35.0 Å². The molecule has 1 aliphatic rings. The van der Waals surface area contributed by atoms with E-state index in [1.165, 1.54) is 0 Å². The molecule has 1 saturated heterocycles. The molecule has 32 heavy (non-hydrogen) atoms. The molecular weight excluding hydrogens is 406 g/mol. The first kappa shape index (κ1) is 20.1.